The fourth-order valence-corrected chi connectivity index (χ4v) is 14.5. The normalized spacial score (nSPS) is 13.5. The number of rotatable bonds is 15. The Balaban J connectivity index is 0.000000212. The zero-order chi connectivity index (χ0) is 74.9. The topological polar surface area (TPSA) is 212 Å². The van der Waals surface area contributed by atoms with Gasteiger partial charge in [-0.25, -0.2) is 0 Å². The molecule has 5 aliphatic rings. The van der Waals surface area contributed by atoms with Gasteiger partial charge in [-0.1, -0.05) is 85.1 Å². The number of ether oxygens (including phenoxy) is 5. The molecule has 0 saturated carbocycles. The zero-order valence-corrected chi connectivity index (χ0v) is 79.0. The van der Waals surface area contributed by atoms with Crippen molar-refractivity contribution in [1.82, 2.24) is 24.9 Å². The predicted octanol–water partition coefficient (Wildman–Crippen LogP) is 15.3. The number of hydrogen-bond acceptors (Lipinski definition) is 20. The first-order valence-corrected chi connectivity index (χ1v) is 34.8. The number of anilines is 10. The number of aromatic nitrogens is 5. The molecule has 5 atom stereocenters. The van der Waals surface area contributed by atoms with Gasteiger partial charge < -0.3 is 73.1 Å². The van der Waals surface area contributed by atoms with E-state index in [2.05, 4.69) is 186 Å². The number of carbonyl (C=O) groups excluding carboxylic acids is 5. The molecule has 0 N–H and O–H groups in total. The van der Waals surface area contributed by atoms with Crippen LogP contribution in [-0.4, -0.2) is 88.4 Å². The molecule has 5 aliphatic heterocycles. The molecule has 5 unspecified atom stereocenters. The molecule has 110 heavy (non-hydrogen) atoms. The van der Waals surface area contributed by atoms with Gasteiger partial charge >= 0.3 is 0 Å². The summed E-state index contributed by atoms with van der Waals surface area (Å²) in [7, 11) is 0. The van der Waals surface area contributed by atoms with Crippen LogP contribution in [-0.2, 0) is 243 Å². The fourth-order valence-electron chi connectivity index (χ4n) is 14.5. The number of pyridine rings is 5. The van der Waals surface area contributed by atoms with Gasteiger partial charge in [0.1, 0.15) is 0 Å². The molecule has 0 bridgehead atoms. The van der Waals surface area contributed by atoms with Crippen LogP contribution in [0, 0.1) is 100 Å². The Morgan fingerprint density at radius 2 is 0.645 bits per heavy atom. The number of fused-ring (bicyclic) bond motifs is 10. The average Bonchev–Trinajstić information content (AvgIpc) is 0.779. The standard InChI is InChI=1S/5C17H17N2O2.5Y/c1-11-6-7-14-9-15-5-4-8-18-17(15)19(13(3)21-10-20)16(14)12(11)2;1-11-6-7-16-15(12(11)2)9-14-5-4-8-18-17(14)19(16)13(3)21-10-20;1-11-6-7-12(2)16-15(11)9-14-5-4-8-18-17(14)19(16)13(3)21-10-20;1-11-7-15-9-14-5-4-6-18-17(14)19(13(3)21-10-20)16(15)8-12(11)2;1-11-7-12(2)16-15(8-11)9-14-5-4-6-18-17(14)19(16)13(3)21-10-20;;;;;/h3*4-7,10,13H,9H2,1-3H3;2*4-5,7-8,10,13H,9H2,1-3H3;;;;;/q5*-1;;;;;. The minimum absolute atomic E-state index is 0. The third-order valence-electron chi connectivity index (χ3n) is 20.0. The average molecular weight is 1850 g/mol. The second kappa shape index (κ2) is 42.2. The summed E-state index contributed by atoms with van der Waals surface area (Å²) in [6.45, 7) is 32.6. The van der Waals surface area contributed by atoms with Crippen molar-refractivity contribution in [2.75, 3.05) is 24.5 Å². The SMILES string of the molecule is Cc1cc(C)c2c(c1)Cc1cc[c-]nc1N2C(C)OC=O.Cc1cc2c(cc1C)N(C(C)OC=O)c1n[c-]ccc1C2.Cc1ccc(C)c2c1Cc1cc[c-]nc1N2C(C)OC=O.Cc1ccc2c(c1C)Cc1cc[c-]nc1N2C(C)OC=O.Cc1ccc2c(c1C)N(C(C)OC=O)c1n[c-]ccc1C2.[Y].[Y].[Y].[Y].[Y]. The number of aryl methyl sites for hydroxylation is 8. The Labute approximate surface area is 771 Å². The molecule has 15 rings (SSSR count). The molecule has 0 spiro atoms. The van der Waals surface area contributed by atoms with Gasteiger partial charge in [-0.15, -0.1) is 27.8 Å². The predicted molar refractivity (Wildman–Crippen MR) is 403 cm³/mol. The number of hydrogen-bond donors (Lipinski definition) is 0. The van der Waals surface area contributed by atoms with Crippen LogP contribution < -0.4 is 24.5 Å². The zero-order valence-electron chi connectivity index (χ0n) is 64.8. The van der Waals surface area contributed by atoms with E-state index in [1.807, 2.05) is 120 Å². The maximum absolute atomic E-state index is 10.8. The molecular weight excluding hydrogens is 1770 g/mol. The first kappa shape index (κ1) is 92.6. The molecule has 555 valence electrons. The first-order chi connectivity index (χ1) is 50.6. The van der Waals surface area contributed by atoms with Crippen LogP contribution in [0.15, 0.2) is 121 Å². The molecule has 10 aromatic rings. The van der Waals surface area contributed by atoms with Crippen molar-refractivity contribution in [3.63, 3.8) is 0 Å². The minimum Gasteiger partial charge on any atom is -0.445 e. The molecule has 5 radical (unpaired) electrons. The van der Waals surface area contributed by atoms with Gasteiger partial charge in [-0.3, -0.25) is 24.0 Å². The van der Waals surface area contributed by atoms with Crippen molar-refractivity contribution in [2.45, 2.75) is 167 Å². The van der Waals surface area contributed by atoms with Gasteiger partial charge in [0.25, 0.3) is 32.4 Å². The largest absolute Gasteiger partial charge is 0.445 e. The van der Waals surface area contributed by atoms with Crippen molar-refractivity contribution in [3.8, 4) is 0 Å². The van der Waals surface area contributed by atoms with Gasteiger partial charge in [-0.2, -0.15) is 60.7 Å². The molecular formula is C85H85N10O10Y5-5. The third kappa shape index (κ3) is 20.1. The third-order valence-corrected chi connectivity index (χ3v) is 20.0. The summed E-state index contributed by atoms with van der Waals surface area (Å²) in [4.78, 5) is 85.4. The van der Waals surface area contributed by atoms with Crippen molar-refractivity contribution in [1.29, 1.82) is 0 Å². The van der Waals surface area contributed by atoms with E-state index in [1.54, 1.807) is 0 Å². The number of carbonyl (C=O) groups is 5. The van der Waals surface area contributed by atoms with Crippen molar-refractivity contribution in [3.05, 3.63) is 264 Å². The molecule has 10 heterocycles. The van der Waals surface area contributed by atoms with Crippen molar-refractivity contribution >= 4 is 89.9 Å². The van der Waals surface area contributed by atoms with E-state index in [4.69, 9.17) is 23.7 Å². The molecule has 5 aromatic heterocycles. The minimum atomic E-state index is -0.413. The monoisotopic (exact) mass is 1850 g/mol. The first-order valence-electron chi connectivity index (χ1n) is 34.8. The van der Waals surface area contributed by atoms with Gasteiger partial charge in [0.05, 0.1) is 0 Å². The van der Waals surface area contributed by atoms with Gasteiger partial charge in [0, 0.05) is 221 Å². The van der Waals surface area contributed by atoms with Gasteiger partial charge in [-0.05, 0) is 226 Å². The molecule has 20 nitrogen and oxygen atoms in total. The molecule has 0 saturated heterocycles. The summed E-state index contributed by atoms with van der Waals surface area (Å²) in [5.74, 6) is 4.05. The molecule has 0 aliphatic carbocycles. The van der Waals surface area contributed by atoms with E-state index in [1.165, 1.54) is 72.3 Å². The van der Waals surface area contributed by atoms with E-state index in [0.29, 0.717) is 32.4 Å². The second-order valence-electron chi connectivity index (χ2n) is 26.7. The summed E-state index contributed by atoms with van der Waals surface area (Å²) in [5.41, 5.74) is 29.3. The fraction of sp³-hybridized carbons (Fsp3) is 0.294. The summed E-state index contributed by atoms with van der Waals surface area (Å²) in [6, 6.07) is 40.5. The van der Waals surface area contributed by atoms with Crippen LogP contribution in [0.3, 0.4) is 0 Å². The van der Waals surface area contributed by atoms with Crippen LogP contribution in [0.25, 0.3) is 0 Å². The van der Waals surface area contributed by atoms with E-state index >= 15 is 0 Å². The summed E-state index contributed by atoms with van der Waals surface area (Å²) >= 11 is 0. The van der Waals surface area contributed by atoms with Crippen LogP contribution >= 0.6 is 0 Å². The van der Waals surface area contributed by atoms with Crippen LogP contribution in [0.2, 0.25) is 0 Å². The Hall–Kier alpha value is -6.28. The quantitative estimate of drug-likeness (QED) is 0.0530. The summed E-state index contributed by atoms with van der Waals surface area (Å²) in [6.07, 6.45) is 16.5. The van der Waals surface area contributed by atoms with Gasteiger partial charge in [0.2, 0.25) is 0 Å². The number of nitrogens with zero attached hydrogens (tertiary/aromatic N) is 10. The van der Waals surface area contributed by atoms with Crippen molar-refractivity contribution in [2.24, 2.45) is 0 Å². The molecule has 5 aromatic carbocycles. The van der Waals surface area contributed by atoms with Gasteiger partial charge in [0.15, 0.2) is 31.1 Å². The number of benzene rings is 5. The Bertz CT molecular complexity index is 4840. The maximum atomic E-state index is 10.8. The second-order valence-corrected chi connectivity index (χ2v) is 26.7. The van der Waals surface area contributed by atoms with E-state index in [0.717, 1.165) is 129 Å². The Morgan fingerprint density at radius 3 is 1.11 bits per heavy atom. The Kier molecular flexibility index (Phi) is 35.5. The summed E-state index contributed by atoms with van der Waals surface area (Å²) in [5, 5.41) is 0. The van der Waals surface area contributed by atoms with Crippen LogP contribution in [0.1, 0.15) is 146 Å². The van der Waals surface area contributed by atoms with Crippen LogP contribution in [0.5, 0.6) is 0 Å². The van der Waals surface area contributed by atoms with E-state index in [9.17, 15) is 24.0 Å². The van der Waals surface area contributed by atoms with E-state index < -0.39 is 31.1 Å². The molecule has 0 fully saturated rings. The van der Waals surface area contributed by atoms with Crippen LogP contribution in [0.4, 0.5) is 57.5 Å². The Morgan fingerprint density at radius 1 is 0.300 bits per heavy atom. The summed E-state index contributed by atoms with van der Waals surface area (Å²) < 4.78 is 25.8. The molecule has 25 heteroatoms. The molecule has 0 amide bonds. The van der Waals surface area contributed by atoms with E-state index in [-0.39, 0.29) is 164 Å². The van der Waals surface area contributed by atoms with Crippen molar-refractivity contribution < 1.29 is 211 Å². The maximum Gasteiger partial charge on any atom is 0.294 e. The smallest absolute Gasteiger partial charge is 0.294 e.